The second-order valence-corrected chi connectivity index (χ2v) is 7.72. The summed E-state index contributed by atoms with van der Waals surface area (Å²) in [4.78, 5) is 12.8. The van der Waals surface area contributed by atoms with Gasteiger partial charge in [-0.15, -0.1) is 0 Å². The van der Waals surface area contributed by atoms with Crippen LogP contribution in [0.25, 0.3) is 11.1 Å². The van der Waals surface area contributed by atoms with Gasteiger partial charge in [-0.2, -0.15) is 26.3 Å². The summed E-state index contributed by atoms with van der Waals surface area (Å²) in [5, 5.41) is 0. The molecule has 2 rings (SSSR count). The van der Waals surface area contributed by atoms with Crippen molar-refractivity contribution in [2.75, 3.05) is 18.9 Å². The van der Waals surface area contributed by atoms with E-state index >= 15 is 0 Å². The van der Waals surface area contributed by atoms with Gasteiger partial charge < -0.3 is 15.2 Å². The zero-order chi connectivity index (χ0) is 25.0. The van der Waals surface area contributed by atoms with Crippen molar-refractivity contribution < 1.29 is 40.6 Å². The Bertz CT molecular complexity index is 970. The topological polar surface area (TPSA) is 61.5 Å². The molecular weight excluding hydrogens is 452 g/mol. The van der Waals surface area contributed by atoms with Crippen molar-refractivity contribution in [1.29, 1.82) is 0 Å². The Morgan fingerprint density at radius 3 is 2.06 bits per heavy atom. The zero-order valence-corrected chi connectivity index (χ0v) is 18.4. The molecule has 0 bridgehead atoms. The number of anilines is 1. The van der Waals surface area contributed by atoms with Gasteiger partial charge in [0.25, 0.3) is 0 Å². The van der Waals surface area contributed by atoms with Crippen LogP contribution in [0.15, 0.2) is 36.4 Å². The lowest BCUT2D eigenvalue weighted by atomic mass is 9.77. The van der Waals surface area contributed by atoms with Gasteiger partial charge in [0.15, 0.2) is 6.61 Å². The van der Waals surface area contributed by atoms with Crippen LogP contribution < -0.4 is 10.5 Å². The fourth-order valence-corrected chi connectivity index (χ4v) is 3.46. The maximum atomic E-state index is 12.9. The lowest BCUT2D eigenvalue weighted by Crippen LogP contribution is -2.34. The van der Waals surface area contributed by atoms with Gasteiger partial charge in [0.2, 0.25) is 0 Å². The highest BCUT2D eigenvalue weighted by molar-refractivity contribution is 5.87. The first-order valence-electron chi connectivity index (χ1n) is 10.2. The summed E-state index contributed by atoms with van der Waals surface area (Å²) in [7, 11) is 0. The highest BCUT2D eigenvalue weighted by Gasteiger charge is 2.38. The van der Waals surface area contributed by atoms with Gasteiger partial charge in [-0.25, -0.2) is 0 Å². The number of halogens is 6. The average molecular weight is 477 g/mol. The number of alkyl halides is 6. The van der Waals surface area contributed by atoms with E-state index in [1.807, 2.05) is 6.92 Å². The maximum absolute atomic E-state index is 12.9. The number of hydrogen-bond acceptors (Lipinski definition) is 4. The SMILES string of the molecule is CCCC(C)(C(=O)OCC)c1cc(OCC(F)(F)F)c(N)c(-c2ccc(C(F)(F)F)cc2)c1. The van der Waals surface area contributed by atoms with E-state index in [1.54, 1.807) is 13.8 Å². The molecule has 0 heterocycles. The molecule has 0 aliphatic heterocycles. The Morgan fingerprint density at radius 1 is 0.970 bits per heavy atom. The quantitative estimate of drug-likeness (QED) is 0.267. The molecule has 33 heavy (non-hydrogen) atoms. The first kappa shape index (κ1) is 26.3. The summed E-state index contributed by atoms with van der Waals surface area (Å²) >= 11 is 0. The first-order chi connectivity index (χ1) is 15.2. The maximum Gasteiger partial charge on any atom is 0.422 e. The molecule has 0 aliphatic rings. The number of hydrogen-bond donors (Lipinski definition) is 1. The lowest BCUT2D eigenvalue weighted by molar-refractivity contribution is -0.153. The van der Waals surface area contributed by atoms with Crippen LogP contribution in [0.5, 0.6) is 5.75 Å². The summed E-state index contributed by atoms with van der Waals surface area (Å²) in [5.74, 6) is -0.914. The van der Waals surface area contributed by atoms with E-state index in [0.29, 0.717) is 12.8 Å². The summed E-state index contributed by atoms with van der Waals surface area (Å²) in [5.41, 5.74) is 4.39. The second-order valence-electron chi connectivity index (χ2n) is 7.72. The van der Waals surface area contributed by atoms with Crippen LogP contribution in [0.3, 0.4) is 0 Å². The number of benzene rings is 2. The molecule has 1 atom stereocenters. The molecule has 0 aliphatic carbocycles. The van der Waals surface area contributed by atoms with Crippen LogP contribution in [0.1, 0.15) is 44.7 Å². The van der Waals surface area contributed by atoms with Crippen molar-refractivity contribution >= 4 is 11.7 Å². The Kier molecular flexibility index (Phi) is 7.92. The molecule has 0 fully saturated rings. The van der Waals surface area contributed by atoms with Crippen molar-refractivity contribution in [1.82, 2.24) is 0 Å². The Labute approximate surface area is 187 Å². The normalized spacial score (nSPS) is 14.0. The van der Waals surface area contributed by atoms with Crippen molar-refractivity contribution in [3.05, 3.63) is 47.5 Å². The van der Waals surface area contributed by atoms with Gasteiger partial charge in [0.05, 0.1) is 23.3 Å². The third-order valence-electron chi connectivity index (χ3n) is 5.17. The zero-order valence-electron chi connectivity index (χ0n) is 18.4. The molecule has 2 aromatic rings. The van der Waals surface area contributed by atoms with Crippen LogP contribution >= 0.6 is 0 Å². The minimum Gasteiger partial charge on any atom is -0.482 e. The Balaban J connectivity index is 2.69. The van der Waals surface area contributed by atoms with Crippen LogP contribution in [0.2, 0.25) is 0 Å². The molecule has 0 saturated carbocycles. The average Bonchev–Trinajstić information content (AvgIpc) is 2.72. The Morgan fingerprint density at radius 2 is 1.58 bits per heavy atom. The largest absolute Gasteiger partial charge is 0.482 e. The highest BCUT2D eigenvalue weighted by atomic mass is 19.4. The molecule has 2 N–H and O–H groups in total. The molecule has 182 valence electrons. The summed E-state index contributed by atoms with van der Waals surface area (Å²) in [6.45, 7) is 3.50. The Hall–Kier alpha value is -2.91. The molecule has 10 heteroatoms. The first-order valence-corrected chi connectivity index (χ1v) is 10.2. The predicted octanol–water partition coefficient (Wildman–Crippen LogP) is 6.52. The van der Waals surface area contributed by atoms with E-state index in [9.17, 15) is 31.1 Å². The fraction of sp³-hybridized carbons (Fsp3) is 0.435. The van der Waals surface area contributed by atoms with Crippen molar-refractivity contribution in [2.24, 2.45) is 0 Å². The van der Waals surface area contributed by atoms with E-state index in [4.69, 9.17) is 15.2 Å². The monoisotopic (exact) mass is 477 g/mol. The molecular formula is C23H25F6NO3. The predicted molar refractivity (Wildman–Crippen MR) is 112 cm³/mol. The minimum absolute atomic E-state index is 0.0936. The minimum atomic E-state index is -4.65. The van der Waals surface area contributed by atoms with Crippen LogP contribution in [0.4, 0.5) is 32.0 Å². The van der Waals surface area contributed by atoms with Gasteiger partial charge in [0, 0.05) is 5.56 Å². The van der Waals surface area contributed by atoms with Crippen molar-refractivity contribution in [3.63, 3.8) is 0 Å². The van der Waals surface area contributed by atoms with Crippen molar-refractivity contribution in [3.8, 4) is 16.9 Å². The number of carbonyl (C=O) groups is 1. The van der Waals surface area contributed by atoms with Gasteiger partial charge in [0.1, 0.15) is 5.75 Å². The van der Waals surface area contributed by atoms with Crippen molar-refractivity contribution in [2.45, 2.75) is 51.4 Å². The molecule has 0 spiro atoms. The van der Waals surface area contributed by atoms with E-state index in [0.717, 1.165) is 24.3 Å². The molecule has 2 aromatic carbocycles. The van der Waals surface area contributed by atoms with E-state index in [-0.39, 0.29) is 34.7 Å². The number of carbonyl (C=O) groups excluding carboxylic acids is 1. The summed E-state index contributed by atoms with van der Waals surface area (Å²) in [6, 6.07) is 6.73. The van der Waals surface area contributed by atoms with Crippen LogP contribution in [0, 0.1) is 0 Å². The van der Waals surface area contributed by atoms with Crippen LogP contribution in [-0.2, 0) is 21.1 Å². The number of nitrogens with two attached hydrogens (primary N) is 1. The number of nitrogen functional groups attached to an aromatic ring is 1. The molecule has 0 saturated heterocycles. The molecule has 4 nitrogen and oxygen atoms in total. The molecule has 1 unspecified atom stereocenters. The van der Waals surface area contributed by atoms with Crippen LogP contribution in [-0.4, -0.2) is 25.4 Å². The number of ether oxygens (including phenoxy) is 2. The smallest absolute Gasteiger partial charge is 0.422 e. The highest BCUT2D eigenvalue weighted by Crippen LogP contribution is 2.42. The summed E-state index contributed by atoms with van der Waals surface area (Å²) < 4.78 is 87.3. The molecule has 0 amide bonds. The van der Waals surface area contributed by atoms with Gasteiger partial charge in [-0.3, -0.25) is 4.79 Å². The molecule has 0 aromatic heterocycles. The van der Waals surface area contributed by atoms with Gasteiger partial charge in [-0.05, 0) is 55.7 Å². The number of esters is 1. The van der Waals surface area contributed by atoms with E-state index in [2.05, 4.69) is 0 Å². The lowest BCUT2D eigenvalue weighted by Gasteiger charge is -2.29. The fourth-order valence-electron chi connectivity index (χ4n) is 3.46. The summed E-state index contributed by atoms with van der Waals surface area (Å²) in [6.07, 6.45) is -8.35. The second kappa shape index (κ2) is 9.93. The van der Waals surface area contributed by atoms with Gasteiger partial charge in [-0.1, -0.05) is 25.5 Å². The van der Waals surface area contributed by atoms with Gasteiger partial charge >= 0.3 is 18.3 Å². The third kappa shape index (κ3) is 6.33. The molecule has 0 radical (unpaired) electrons. The van der Waals surface area contributed by atoms with E-state index < -0.39 is 35.9 Å². The standard InChI is InChI=1S/C23H25F6NO3/c1-4-10-21(3,20(31)32-5-2)16-11-17(14-6-8-15(9-7-14)23(27,28)29)19(30)18(12-16)33-13-22(24,25)26/h6-9,11-12H,4-5,10,13,30H2,1-3H3. The third-order valence-corrected chi connectivity index (χ3v) is 5.17. The number of rotatable bonds is 8. The van der Waals surface area contributed by atoms with E-state index in [1.165, 1.54) is 12.1 Å².